The number of rotatable bonds is 8. The van der Waals surface area contributed by atoms with E-state index in [1.807, 2.05) is 0 Å². The van der Waals surface area contributed by atoms with Gasteiger partial charge in [0.1, 0.15) is 12.2 Å². The van der Waals surface area contributed by atoms with Gasteiger partial charge in [0, 0.05) is 24.3 Å². The molecule has 0 bridgehead atoms. The highest BCUT2D eigenvalue weighted by molar-refractivity contribution is 6.30. The fourth-order valence-corrected chi connectivity index (χ4v) is 3.20. The number of pyridine rings is 2. The number of benzene rings is 1. The number of alkyl halides is 2. The van der Waals surface area contributed by atoms with Crippen LogP contribution in [0.2, 0.25) is 5.02 Å². The van der Waals surface area contributed by atoms with Gasteiger partial charge in [0.05, 0.1) is 12.1 Å². The van der Waals surface area contributed by atoms with Crippen LogP contribution < -0.4 is 16.5 Å². The Balaban J connectivity index is 1.69. The van der Waals surface area contributed by atoms with Crippen LogP contribution in [0.25, 0.3) is 0 Å². The maximum absolute atomic E-state index is 14.3. The molecule has 2 aromatic heterocycles. The zero-order chi connectivity index (χ0) is 23.1. The molecule has 3 rings (SSSR count). The summed E-state index contributed by atoms with van der Waals surface area (Å²) < 4.78 is 29.2. The summed E-state index contributed by atoms with van der Waals surface area (Å²) in [5.74, 6) is -3.69. The van der Waals surface area contributed by atoms with Gasteiger partial charge >= 0.3 is 5.92 Å². The lowest BCUT2D eigenvalue weighted by atomic mass is 10.1. The van der Waals surface area contributed by atoms with E-state index in [0.29, 0.717) is 16.3 Å². The molecule has 0 atom stereocenters. The van der Waals surface area contributed by atoms with Gasteiger partial charge in [-0.1, -0.05) is 29.8 Å². The third-order valence-corrected chi connectivity index (χ3v) is 4.94. The molecule has 1 amide bonds. The van der Waals surface area contributed by atoms with Crippen LogP contribution in [0.4, 0.5) is 8.78 Å². The summed E-state index contributed by atoms with van der Waals surface area (Å²) in [6.45, 7) is -0.403. The molecule has 0 aliphatic carbocycles. The van der Waals surface area contributed by atoms with Crippen LogP contribution in [0.3, 0.4) is 0 Å². The summed E-state index contributed by atoms with van der Waals surface area (Å²) in [7, 11) is 0. The maximum atomic E-state index is 14.3. The first kappa shape index (κ1) is 23.4. The van der Waals surface area contributed by atoms with E-state index in [-0.39, 0.29) is 30.1 Å². The summed E-state index contributed by atoms with van der Waals surface area (Å²) in [5.41, 5.74) is 7.00. The van der Waals surface area contributed by atoms with Crippen molar-refractivity contribution >= 4 is 17.5 Å². The lowest BCUT2D eigenvalue weighted by Crippen LogP contribution is -2.30. The molecule has 0 aliphatic rings. The van der Waals surface area contributed by atoms with Gasteiger partial charge in [-0.2, -0.15) is 13.5 Å². The molecule has 168 valence electrons. The second-order valence-corrected chi connectivity index (χ2v) is 7.43. The molecule has 3 aromatic rings. The lowest BCUT2D eigenvalue weighted by molar-refractivity contribution is -0.120. The van der Waals surface area contributed by atoms with Crippen LogP contribution in [-0.2, 0) is 30.2 Å². The Labute approximate surface area is 188 Å². The molecule has 0 spiro atoms. The van der Waals surface area contributed by atoms with E-state index in [4.69, 9.17) is 17.3 Å². The average Bonchev–Trinajstić information content (AvgIpc) is 2.79. The van der Waals surface area contributed by atoms with Crippen LogP contribution in [-0.4, -0.2) is 27.4 Å². The van der Waals surface area contributed by atoms with Crippen molar-refractivity contribution in [3.05, 3.63) is 93.8 Å². The number of carbonyl (C=O) groups excluding carboxylic acids is 1. The minimum atomic E-state index is -3.31. The van der Waals surface area contributed by atoms with E-state index >= 15 is 0 Å². The van der Waals surface area contributed by atoms with Gasteiger partial charge in [0.2, 0.25) is 5.91 Å². The third-order valence-electron chi connectivity index (χ3n) is 4.71. The van der Waals surface area contributed by atoms with E-state index in [0.717, 1.165) is 11.1 Å². The summed E-state index contributed by atoms with van der Waals surface area (Å²) in [5, 5.41) is 13.6. The molecule has 7 nitrogen and oxygen atoms in total. The van der Waals surface area contributed by atoms with E-state index < -0.39 is 18.2 Å². The Bertz CT molecular complexity index is 1150. The van der Waals surface area contributed by atoms with Gasteiger partial charge in [0.15, 0.2) is 5.49 Å². The largest absolute Gasteiger partial charge is 0.427 e. The molecule has 2 heterocycles. The third kappa shape index (κ3) is 5.89. The second-order valence-electron chi connectivity index (χ2n) is 6.99. The molecular formula is C22H22ClF2N5O2. The summed E-state index contributed by atoms with van der Waals surface area (Å²) in [4.78, 5) is 19.8. The minimum absolute atomic E-state index is 0.105. The molecule has 0 radical (unpaired) electrons. The minimum Gasteiger partial charge on any atom is -0.427 e. The second kappa shape index (κ2) is 10.3. The van der Waals surface area contributed by atoms with Crippen LogP contribution in [0.15, 0.2) is 65.8 Å². The number of nitrogens with two attached hydrogens (primary N) is 1. The predicted octanol–water partition coefficient (Wildman–Crippen LogP) is 2.78. The van der Waals surface area contributed by atoms with Crippen LogP contribution in [0.1, 0.15) is 22.5 Å². The molecule has 4 N–H and O–H groups in total. The van der Waals surface area contributed by atoms with E-state index in [1.165, 1.54) is 42.6 Å². The number of aromatic nitrogens is 2. The molecule has 1 aromatic carbocycles. The Morgan fingerprint density at radius 1 is 1.19 bits per heavy atom. The quantitative estimate of drug-likeness (QED) is 0.448. The summed E-state index contributed by atoms with van der Waals surface area (Å²) in [6, 6.07) is 13.8. The molecular weight excluding hydrogens is 440 g/mol. The topological polar surface area (TPSA) is 106 Å². The lowest BCUT2D eigenvalue weighted by Gasteiger charge is -2.13. The van der Waals surface area contributed by atoms with Gasteiger partial charge in [-0.15, -0.1) is 0 Å². The first-order chi connectivity index (χ1) is 15.3. The monoisotopic (exact) mass is 461 g/mol. The van der Waals surface area contributed by atoms with Crippen molar-refractivity contribution in [1.29, 1.82) is 0 Å². The smallest absolute Gasteiger partial charge is 0.308 e. The van der Waals surface area contributed by atoms with Gasteiger partial charge in [-0.25, -0.2) is 0 Å². The number of carbonyl (C=O) groups is 1. The van der Waals surface area contributed by atoms with E-state index in [9.17, 15) is 18.8 Å². The van der Waals surface area contributed by atoms with Crippen LogP contribution in [0.5, 0.6) is 0 Å². The normalized spacial score (nSPS) is 12.1. The zero-order valence-corrected chi connectivity index (χ0v) is 17.8. The standard InChI is InChI=1S/C22H22ClF2N5O2/c23-17-8-7-15(12-26)16(10-17)13-28-21(31)11-18-4-3-6-20(30(18)32)29-14-22(24,25)19-5-1-2-9-27-19/h1-10,32H,11-14,26H2,(H,28,31). The van der Waals surface area contributed by atoms with Gasteiger partial charge in [-0.05, 0) is 47.5 Å². The summed E-state index contributed by atoms with van der Waals surface area (Å²) >= 11 is 6.00. The Hall–Kier alpha value is -3.30. The average molecular weight is 462 g/mol. The van der Waals surface area contributed by atoms with Gasteiger partial charge < -0.3 is 16.3 Å². The number of amides is 1. The first-order valence-corrected chi connectivity index (χ1v) is 10.1. The van der Waals surface area contributed by atoms with Crippen molar-refractivity contribution in [2.75, 3.05) is 6.54 Å². The SMILES string of the molecule is NCc1ccc(Cl)cc1CNC(=O)Cc1cccc(=NCC(F)(F)c2ccccn2)n1O. The number of nitrogens with one attached hydrogen (secondary N) is 1. The Morgan fingerprint density at radius 3 is 2.72 bits per heavy atom. The molecule has 0 fully saturated rings. The number of nitrogens with zero attached hydrogens (tertiary/aromatic N) is 3. The van der Waals surface area contributed by atoms with E-state index in [2.05, 4.69) is 15.3 Å². The maximum Gasteiger partial charge on any atom is 0.308 e. The predicted molar refractivity (Wildman–Crippen MR) is 115 cm³/mol. The van der Waals surface area contributed by atoms with Crippen molar-refractivity contribution in [1.82, 2.24) is 15.0 Å². The molecule has 10 heteroatoms. The summed E-state index contributed by atoms with van der Waals surface area (Å²) in [6.07, 6.45) is 1.09. The van der Waals surface area contributed by atoms with Crippen molar-refractivity contribution in [2.45, 2.75) is 25.4 Å². The number of hydrogen-bond donors (Lipinski definition) is 3. The van der Waals surface area contributed by atoms with Crippen molar-refractivity contribution in [2.24, 2.45) is 10.7 Å². The molecule has 32 heavy (non-hydrogen) atoms. The number of halogens is 3. The highest BCUT2D eigenvalue weighted by atomic mass is 35.5. The van der Waals surface area contributed by atoms with Crippen molar-refractivity contribution < 1.29 is 18.8 Å². The first-order valence-electron chi connectivity index (χ1n) is 9.74. The molecule has 0 aliphatic heterocycles. The van der Waals surface area contributed by atoms with Crippen molar-refractivity contribution in [3.63, 3.8) is 0 Å². The van der Waals surface area contributed by atoms with Crippen molar-refractivity contribution in [3.8, 4) is 0 Å². The molecule has 0 saturated heterocycles. The van der Waals surface area contributed by atoms with Crippen LogP contribution in [0, 0.1) is 0 Å². The van der Waals surface area contributed by atoms with E-state index in [1.54, 1.807) is 18.2 Å². The van der Waals surface area contributed by atoms with Gasteiger partial charge in [0.25, 0.3) is 0 Å². The fraction of sp³-hybridized carbons (Fsp3) is 0.227. The zero-order valence-electron chi connectivity index (χ0n) is 17.0. The Morgan fingerprint density at radius 2 is 2.00 bits per heavy atom. The number of hydrogen-bond acceptors (Lipinski definition) is 5. The van der Waals surface area contributed by atoms with Crippen LogP contribution >= 0.6 is 11.6 Å². The fourth-order valence-electron chi connectivity index (χ4n) is 3.01. The van der Waals surface area contributed by atoms with Gasteiger partial charge in [-0.3, -0.25) is 14.8 Å². The highest BCUT2D eigenvalue weighted by Gasteiger charge is 2.32. The highest BCUT2D eigenvalue weighted by Crippen LogP contribution is 2.25. The molecule has 0 saturated carbocycles. The Kier molecular flexibility index (Phi) is 7.55. The molecule has 0 unspecified atom stereocenters.